The molecule has 0 saturated heterocycles. The molecular weight excluding hydrogens is 524 g/mol. The number of hydroxylamine groups is 6. The van der Waals surface area contributed by atoms with Gasteiger partial charge in [-0.2, -0.15) is 0 Å². The molecule has 0 atom stereocenters. The first-order valence-electron chi connectivity index (χ1n) is 20.2. The molecular formula is C40H86N2O+2. The molecule has 43 heavy (non-hydrogen) atoms. The lowest BCUT2D eigenvalue weighted by Gasteiger charge is -2.34. The normalized spacial score (nSPS) is 12.4. The van der Waals surface area contributed by atoms with Gasteiger partial charge in [0, 0.05) is 0 Å². The van der Waals surface area contributed by atoms with Crippen LogP contribution in [0.3, 0.4) is 0 Å². The maximum Gasteiger partial charge on any atom is 0.114 e. The van der Waals surface area contributed by atoms with Gasteiger partial charge in [0.15, 0.2) is 0 Å². The molecule has 0 aromatic heterocycles. The van der Waals surface area contributed by atoms with E-state index in [1.54, 1.807) is 0 Å². The van der Waals surface area contributed by atoms with Crippen molar-refractivity contribution in [3.8, 4) is 0 Å². The Morgan fingerprint density at radius 2 is 0.419 bits per heavy atom. The van der Waals surface area contributed by atoms with Crippen molar-refractivity contribution in [1.82, 2.24) is 0 Å². The maximum atomic E-state index is 6.55. The van der Waals surface area contributed by atoms with Crippen molar-refractivity contribution in [2.24, 2.45) is 0 Å². The van der Waals surface area contributed by atoms with Gasteiger partial charge >= 0.3 is 0 Å². The second-order valence-corrected chi connectivity index (χ2v) is 15.3. The Morgan fingerprint density at radius 3 is 0.605 bits per heavy atom. The van der Waals surface area contributed by atoms with Crippen LogP contribution >= 0.6 is 0 Å². The van der Waals surface area contributed by atoms with E-state index in [4.69, 9.17) is 4.94 Å². The van der Waals surface area contributed by atoms with E-state index in [1.807, 2.05) is 0 Å². The van der Waals surface area contributed by atoms with E-state index >= 15 is 0 Å². The first kappa shape index (κ1) is 42.9. The van der Waals surface area contributed by atoms with Gasteiger partial charge in [0.25, 0.3) is 0 Å². The van der Waals surface area contributed by atoms with Gasteiger partial charge < -0.3 is 0 Å². The quantitative estimate of drug-likeness (QED) is 0.0389. The Bertz CT molecular complexity index is 487. The van der Waals surface area contributed by atoms with Crippen molar-refractivity contribution >= 4 is 0 Å². The third kappa shape index (κ3) is 34.6. The van der Waals surface area contributed by atoms with Crippen LogP contribution in [0.15, 0.2) is 0 Å². The van der Waals surface area contributed by atoms with Crippen LogP contribution in [0.1, 0.15) is 219 Å². The molecule has 0 radical (unpaired) electrons. The highest BCUT2D eigenvalue weighted by Crippen LogP contribution is 2.17. The predicted octanol–water partition coefficient (Wildman–Crippen LogP) is 13.5. The van der Waals surface area contributed by atoms with Crippen LogP contribution in [-0.2, 0) is 4.94 Å². The molecule has 0 aromatic rings. The Hall–Kier alpha value is -0.120. The molecule has 0 aliphatic heterocycles. The Balaban J connectivity index is 3.51. The molecule has 0 rings (SSSR count). The van der Waals surface area contributed by atoms with Crippen molar-refractivity contribution in [3.63, 3.8) is 0 Å². The molecule has 0 aliphatic carbocycles. The highest BCUT2D eigenvalue weighted by molar-refractivity contribution is 4.51. The van der Waals surface area contributed by atoms with Crippen molar-refractivity contribution < 1.29 is 14.2 Å². The average Bonchev–Trinajstić information content (AvgIpc) is 2.96. The van der Waals surface area contributed by atoms with Gasteiger partial charge in [-0.15, -0.1) is 9.29 Å². The highest BCUT2D eigenvalue weighted by Gasteiger charge is 2.30. The fourth-order valence-electron chi connectivity index (χ4n) is 6.76. The van der Waals surface area contributed by atoms with Crippen LogP contribution in [0.5, 0.6) is 0 Å². The van der Waals surface area contributed by atoms with Crippen LogP contribution < -0.4 is 0 Å². The molecule has 0 saturated carbocycles. The van der Waals surface area contributed by atoms with Gasteiger partial charge in [0.2, 0.25) is 0 Å². The molecule has 0 fully saturated rings. The summed E-state index contributed by atoms with van der Waals surface area (Å²) in [6.07, 6.45) is 45.7. The van der Waals surface area contributed by atoms with Gasteiger partial charge in [0.1, 0.15) is 41.3 Å². The smallest absolute Gasteiger partial charge is 0.114 e. The van der Waals surface area contributed by atoms with E-state index in [0.717, 1.165) is 13.1 Å². The maximum absolute atomic E-state index is 6.55. The third-order valence-corrected chi connectivity index (χ3v) is 9.54. The third-order valence-electron chi connectivity index (χ3n) is 9.54. The summed E-state index contributed by atoms with van der Waals surface area (Å²) in [6, 6.07) is 0. The molecule has 0 aromatic carbocycles. The number of unbranched alkanes of at least 4 members (excludes halogenated alkanes) is 30. The topological polar surface area (TPSA) is 9.23 Å². The summed E-state index contributed by atoms with van der Waals surface area (Å²) in [5, 5.41) is 0. The molecule has 0 unspecified atom stereocenters. The van der Waals surface area contributed by atoms with Crippen molar-refractivity contribution in [3.05, 3.63) is 0 Å². The summed E-state index contributed by atoms with van der Waals surface area (Å²) in [7, 11) is 9.00. The molecule has 0 spiro atoms. The van der Waals surface area contributed by atoms with Crippen molar-refractivity contribution in [2.75, 3.05) is 41.3 Å². The van der Waals surface area contributed by atoms with Crippen LogP contribution in [0, 0.1) is 0 Å². The van der Waals surface area contributed by atoms with Crippen molar-refractivity contribution in [1.29, 1.82) is 0 Å². The predicted molar refractivity (Wildman–Crippen MR) is 194 cm³/mol. The van der Waals surface area contributed by atoms with Gasteiger partial charge in [-0.05, 0) is 30.6 Å². The van der Waals surface area contributed by atoms with Gasteiger partial charge in [0.05, 0.1) is 0 Å². The van der Waals surface area contributed by atoms with Crippen LogP contribution in [-0.4, -0.2) is 50.6 Å². The minimum atomic E-state index is 0.685. The number of hydrogen-bond donors (Lipinski definition) is 0. The lowest BCUT2D eigenvalue weighted by Crippen LogP contribution is -2.54. The molecule has 260 valence electrons. The first-order chi connectivity index (χ1) is 20.8. The molecule has 3 heteroatoms. The fraction of sp³-hybridized carbons (Fsp3) is 1.00. The second-order valence-electron chi connectivity index (χ2n) is 15.3. The summed E-state index contributed by atoms with van der Waals surface area (Å²) >= 11 is 0. The van der Waals surface area contributed by atoms with E-state index in [2.05, 4.69) is 42.0 Å². The van der Waals surface area contributed by atoms with Gasteiger partial charge in [-0.1, -0.05) is 194 Å². The lowest BCUT2D eigenvalue weighted by molar-refractivity contribution is -1.32. The zero-order valence-electron chi connectivity index (χ0n) is 31.3. The van der Waals surface area contributed by atoms with E-state index in [1.165, 1.54) is 205 Å². The standard InChI is InChI=1S/C40H86N2O/c1-7-9-11-13-15-17-19-21-23-25-27-29-31-33-35-37-39-41(3,4)43-42(5,6)40-38-36-34-32-30-28-26-24-22-20-18-16-14-12-10-8-2/h7-40H2,1-6H3/q+2. The van der Waals surface area contributed by atoms with E-state index in [0.29, 0.717) is 9.29 Å². The summed E-state index contributed by atoms with van der Waals surface area (Å²) < 4.78 is 1.37. The molecule has 0 N–H and O–H groups in total. The van der Waals surface area contributed by atoms with Crippen molar-refractivity contribution in [2.45, 2.75) is 219 Å². The fourth-order valence-corrected chi connectivity index (χ4v) is 6.76. The summed E-state index contributed by atoms with van der Waals surface area (Å²) in [6.45, 7) is 6.86. The number of quaternary nitrogens is 2. The zero-order chi connectivity index (χ0) is 31.7. The minimum absolute atomic E-state index is 0.685. The Morgan fingerprint density at radius 1 is 0.256 bits per heavy atom. The van der Waals surface area contributed by atoms with Crippen LogP contribution in [0.2, 0.25) is 0 Å². The highest BCUT2D eigenvalue weighted by atomic mass is 16.9. The minimum Gasteiger partial charge on any atom is -0.132 e. The second kappa shape index (κ2) is 31.8. The molecule has 0 heterocycles. The van der Waals surface area contributed by atoms with E-state index < -0.39 is 0 Å². The molecule has 0 bridgehead atoms. The van der Waals surface area contributed by atoms with Crippen LogP contribution in [0.25, 0.3) is 0 Å². The van der Waals surface area contributed by atoms with E-state index in [-0.39, 0.29) is 0 Å². The number of hydrogen-bond acceptors (Lipinski definition) is 1. The number of nitrogens with zero attached hydrogens (tertiary/aromatic N) is 2. The summed E-state index contributed by atoms with van der Waals surface area (Å²) in [4.78, 5) is 6.55. The van der Waals surface area contributed by atoms with Gasteiger partial charge in [-0.25, -0.2) is 0 Å². The largest absolute Gasteiger partial charge is 0.132 e. The average molecular weight is 611 g/mol. The van der Waals surface area contributed by atoms with Gasteiger partial charge in [-0.3, -0.25) is 0 Å². The monoisotopic (exact) mass is 611 g/mol. The van der Waals surface area contributed by atoms with Crippen LogP contribution in [0.4, 0.5) is 0 Å². The molecule has 0 aliphatic rings. The van der Waals surface area contributed by atoms with E-state index in [9.17, 15) is 0 Å². The zero-order valence-corrected chi connectivity index (χ0v) is 31.3. The summed E-state index contributed by atoms with van der Waals surface area (Å²) in [5.41, 5.74) is 0. The first-order valence-corrected chi connectivity index (χ1v) is 20.2. The Labute approximate surface area is 274 Å². The number of rotatable bonds is 36. The lowest BCUT2D eigenvalue weighted by atomic mass is 10.0. The molecule has 0 amide bonds. The SMILES string of the molecule is CCCCCCCCCCCCCCCCCC[N+](C)(C)O[N+](C)(C)CCCCCCCCCCCCCCCCCC. The Kier molecular flexibility index (Phi) is 31.8. The summed E-state index contributed by atoms with van der Waals surface area (Å²) in [5.74, 6) is 0. The molecule has 3 nitrogen and oxygen atoms in total.